The van der Waals surface area contributed by atoms with Crippen molar-refractivity contribution in [2.24, 2.45) is 0 Å². The second-order valence-corrected chi connectivity index (χ2v) is 5.61. The fourth-order valence-corrected chi connectivity index (χ4v) is 1.94. The Morgan fingerprint density at radius 1 is 1.15 bits per heavy atom. The summed E-state index contributed by atoms with van der Waals surface area (Å²) in [7, 11) is 3.25. The number of nitrogens with zero attached hydrogens (tertiary/aromatic N) is 2. The van der Waals surface area contributed by atoms with Crippen molar-refractivity contribution >= 4 is 5.69 Å². The van der Waals surface area contributed by atoms with E-state index in [0.29, 0.717) is 11.4 Å². The van der Waals surface area contributed by atoms with E-state index in [9.17, 15) is 0 Å². The Morgan fingerprint density at radius 2 is 1.85 bits per heavy atom. The van der Waals surface area contributed by atoms with Crippen LogP contribution in [0, 0.1) is 0 Å². The fraction of sp³-hybridized carbons (Fsp3) is 0.400. The van der Waals surface area contributed by atoms with Gasteiger partial charge in [-0.2, -0.15) is 5.10 Å². The molecule has 0 aliphatic heterocycles. The maximum Gasteiger partial charge on any atom is 0.128 e. The molecule has 5 nitrogen and oxygen atoms in total. The summed E-state index contributed by atoms with van der Waals surface area (Å²) in [5.41, 5.74) is 8.13. The molecule has 20 heavy (non-hydrogen) atoms. The van der Waals surface area contributed by atoms with Crippen LogP contribution >= 0.6 is 0 Å². The van der Waals surface area contributed by atoms with E-state index in [1.54, 1.807) is 14.2 Å². The van der Waals surface area contributed by atoms with E-state index in [4.69, 9.17) is 15.2 Å². The van der Waals surface area contributed by atoms with Gasteiger partial charge in [-0.3, -0.25) is 4.68 Å². The van der Waals surface area contributed by atoms with Crippen molar-refractivity contribution in [1.82, 2.24) is 9.78 Å². The first-order valence-corrected chi connectivity index (χ1v) is 6.45. The molecule has 0 fully saturated rings. The molecule has 0 spiro atoms. The minimum atomic E-state index is -0.127. The van der Waals surface area contributed by atoms with Crippen LogP contribution in [0.3, 0.4) is 0 Å². The smallest absolute Gasteiger partial charge is 0.128 e. The number of hydrogen-bond acceptors (Lipinski definition) is 4. The highest BCUT2D eigenvalue weighted by Crippen LogP contribution is 2.36. The zero-order valence-electron chi connectivity index (χ0n) is 12.6. The first-order valence-electron chi connectivity index (χ1n) is 6.45. The van der Waals surface area contributed by atoms with Crippen LogP contribution in [0.1, 0.15) is 20.8 Å². The van der Waals surface area contributed by atoms with Crippen molar-refractivity contribution in [3.05, 3.63) is 24.4 Å². The molecule has 0 saturated carbocycles. The molecule has 0 amide bonds. The summed E-state index contributed by atoms with van der Waals surface area (Å²) in [5, 5.41) is 4.59. The van der Waals surface area contributed by atoms with Gasteiger partial charge in [0.15, 0.2) is 0 Å². The van der Waals surface area contributed by atoms with Crippen molar-refractivity contribution in [3.63, 3.8) is 0 Å². The minimum Gasteiger partial charge on any atom is -0.497 e. The second-order valence-electron chi connectivity index (χ2n) is 5.61. The summed E-state index contributed by atoms with van der Waals surface area (Å²) in [6.07, 6.45) is 1.84. The average molecular weight is 275 g/mol. The van der Waals surface area contributed by atoms with Gasteiger partial charge in [0.05, 0.1) is 25.4 Å². The summed E-state index contributed by atoms with van der Waals surface area (Å²) in [4.78, 5) is 0. The molecule has 0 aliphatic carbocycles. The normalized spacial score (nSPS) is 11.4. The number of aromatic nitrogens is 2. The van der Waals surface area contributed by atoms with Gasteiger partial charge in [-0.25, -0.2) is 0 Å². The lowest BCUT2D eigenvalue weighted by Crippen LogP contribution is -2.22. The third-order valence-corrected chi connectivity index (χ3v) is 3.09. The molecule has 0 aliphatic rings. The quantitative estimate of drug-likeness (QED) is 0.935. The molecule has 1 aromatic carbocycles. The van der Waals surface area contributed by atoms with Crippen LogP contribution in [-0.4, -0.2) is 24.0 Å². The predicted molar refractivity (Wildman–Crippen MR) is 80.2 cm³/mol. The van der Waals surface area contributed by atoms with Gasteiger partial charge in [0.2, 0.25) is 0 Å². The third kappa shape index (κ3) is 2.57. The van der Waals surface area contributed by atoms with Gasteiger partial charge < -0.3 is 15.2 Å². The van der Waals surface area contributed by atoms with E-state index in [2.05, 4.69) is 25.9 Å². The number of nitrogen functional groups attached to an aromatic ring is 1. The number of methoxy groups -OCH3 is 2. The van der Waals surface area contributed by atoms with Gasteiger partial charge in [0.1, 0.15) is 17.2 Å². The summed E-state index contributed by atoms with van der Waals surface area (Å²) in [5.74, 6) is 1.46. The van der Waals surface area contributed by atoms with Crippen molar-refractivity contribution in [2.75, 3.05) is 20.0 Å². The minimum absolute atomic E-state index is 0.127. The summed E-state index contributed by atoms with van der Waals surface area (Å²) in [6.45, 7) is 6.23. The monoisotopic (exact) mass is 275 g/mol. The number of benzene rings is 1. The number of rotatable bonds is 3. The Bertz CT molecular complexity index is 612. The predicted octanol–water partition coefficient (Wildman–Crippen LogP) is 2.90. The SMILES string of the molecule is COc1ccc(OC)c(-c2nn(C(C)(C)C)cc2N)c1. The molecule has 108 valence electrons. The maximum absolute atomic E-state index is 6.11. The largest absolute Gasteiger partial charge is 0.497 e. The molecule has 0 saturated heterocycles. The zero-order valence-corrected chi connectivity index (χ0v) is 12.6. The maximum atomic E-state index is 6.11. The molecule has 0 unspecified atom stereocenters. The Hall–Kier alpha value is -2.17. The van der Waals surface area contributed by atoms with Crippen LogP contribution < -0.4 is 15.2 Å². The molecule has 0 atom stereocenters. The Kier molecular flexibility index (Phi) is 3.61. The molecule has 0 radical (unpaired) electrons. The van der Waals surface area contributed by atoms with Gasteiger partial charge in [0, 0.05) is 11.8 Å². The molecular formula is C15H21N3O2. The highest BCUT2D eigenvalue weighted by molar-refractivity contribution is 5.78. The highest BCUT2D eigenvalue weighted by Gasteiger charge is 2.20. The van der Waals surface area contributed by atoms with E-state index in [1.165, 1.54) is 0 Å². The molecule has 0 bridgehead atoms. The lowest BCUT2D eigenvalue weighted by atomic mass is 10.1. The molecule has 2 rings (SSSR count). The van der Waals surface area contributed by atoms with E-state index in [1.807, 2.05) is 29.1 Å². The van der Waals surface area contributed by atoms with Gasteiger partial charge in [-0.1, -0.05) is 0 Å². The zero-order chi connectivity index (χ0) is 14.9. The molecular weight excluding hydrogens is 254 g/mol. The van der Waals surface area contributed by atoms with Gasteiger partial charge in [-0.05, 0) is 39.0 Å². The van der Waals surface area contributed by atoms with Crippen molar-refractivity contribution in [2.45, 2.75) is 26.3 Å². The van der Waals surface area contributed by atoms with Crippen molar-refractivity contribution in [3.8, 4) is 22.8 Å². The molecule has 1 heterocycles. The first kappa shape index (κ1) is 14.2. The number of nitrogens with two attached hydrogens (primary N) is 1. The molecule has 2 aromatic rings. The van der Waals surface area contributed by atoms with Crippen LogP contribution in [-0.2, 0) is 5.54 Å². The van der Waals surface area contributed by atoms with Crippen LogP contribution in [0.2, 0.25) is 0 Å². The van der Waals surface area contributed by atoms with Gasteiger partial charge in [-0.15, -0.1) is 0 Å². The van der Waals surface area contributed by atoms with E-state index in [0.717, 1.165) is 17.1 Å². The number of ether oxygens (including phenoxy) is 2. The topological polar surface area (TPSA) is 62.3 Å². The summed E-state index contributed by atoms with van der Waals surface area (Å²) < 4.78 is 12.5. The first-order chi connectivity index (χ1) is 9.36. The highest BCUT2D eigenvalue weighted by atomic mass is 16.5. The van der Waals surface area contributed by atoms with Crippen LogP contribution in [0.5, 0.6) is 11.5 Å². The van der Waals surface area contributed by atoms with Gasteiger partial charge in [0.25, 0.3) is 0 Å². The molecule has 5 heteroatoms. The fourth-order valence-electron chi connectivity index (χ4n) is 1.94. The Balaban J connectivity index is 2.58. The van der Waals surface area contributed by atoms with Crippen molar-refractivity contribution in [1.29, 1.82) is 0 Å². The lowest BCUT2D eigenvalue weighted by molar-refractivity contribution is 0.356. The van der Waals surface area contributed by atoms with E-state index in [-0.39, 0.29) is 5.54 Å². The summed E-state index contributed by atoms with van der Waals surface area (Å²) >= 11 is 0. The van der Waals surface area contributed by atoms with Crippen LogP contribution in [0.25, 0.3) is 11.3 Å². The number of hydrogen-bond donors (Lipinski definition) is 1. The van der Waals surface area contributed by atoms with E-state index < -0.39 is 0 Å². The number of anilines is 1. The molecule has 1 aromatic heterocycles. The van der Waals surface area contributed by atoms with Crippen LogP contribution in [0.4, 0.5) is 5.69 Å². The second kappa shape index (κ2) is 5.07. The van der Waals surface area contributed by atoms with Crippen LogP contribution in [0.15, 0.2) is 24.4 Å². The summed E-state index contributed by atoms with van der Waals surface area (Å²) in [6, 6.07) is 5.58. The third-order valence-electron chi connectivity index (χ3n) is 3.09. The molecule has 2 N–H and O–H groups in total. The lowest BCUT2D eigenvalue weighted by Gasteiger charge is -2.18. The van der Waals surface area contributed by atoms with E-state index >= 15 is 0 Å². The van der Waals surface area contributed by atoms with Crippen molar-refractivity contribution < 1.29 is 9.47 Å². The average Bonchev–Trinajstić information content (AvgIpc) is 2.80. The Labute approximate surface area is 119 Å². The standard InChI is InChI=1S/C15H21N3O2/c1-15(2,3)18-9-12(16)14(17-18)11-8-10(19-4)6-7-13(11)20-5/h6-9H,16H2,1-5H3. The Morgan fingerprint density at radius 3 is 2.35 bits per heavy atom. The van der Waals surface area contributed by atoms with Gasteiger partial charge >= 0.3 is 0 Å².